The molecule has 2 rings (SSSR count). The van der Waals surface area contributed by atoms with E-state index >= 15 is 0 Å². The van der Waals surface area contributed by atoms with Crippen molar-refractivity contribution in [2.24, 2.45) is 0 Å². The van der Waals surface area contributed by atoms with Crippen LogP contribution in [0.1, 0.15) is 0 Å². The molecule has 0 saturated carbocycles. The predicted octanol–water partition coefficient (Wildman–Crippen LogP) is 2.28. The molecule has 0 radical (unpaired) electrons. The van der Waals surface area contributed by atoms with Gasteiger partial charge in [-0.1, -0.05) is 36.4 Å². The number of phosphoric acid groups is 1. The van der Waals surface area contributed by atoms with Gasteiger partial charge in [-0.2, -0.15) is 4.62 Å². The molecule has 0 spiro atoms. The van der Waals surface area contributed by atoms with Crippen LogP contribution >= 0.6 is 7.82 Å². The predicted molar refractivity (Wildman–Crippen MR) is 60.7 cm³/mol. The monoisotopic (exact) mass is 239 g/mol. The fourth-order valence-corrected chi connectivity index (χ4v) is 1.64. The Kier molecular flexibility index (Phi) is 2.94. The summed E-state index contributed by atoms with van der Waals surface area (Å²) in [7, 11) is -4.52. The van der Waals surface area contributed by atoms with Crippen LogP contribution in [0.2, 0.25) is 0 Å². The van der Waals surface area contributed by atoms with Gasteiger partial charge in [0.1, 0.15) is 0 Å². The lowest BCUT2D eigenvalue weighted by Crippen LogP contribution is -1.99. The third-order valence-corrected chi connectivity index (χ3v) is 2.39. The lowest BCUT2D eigenvalue weighted by Gasteiger charge is -2.09. The summed E-state index contributed by atoms with van der Waals surface area (Å²) < 4.78 is 14.8. The van der Waals surface area contributed by atoms with Crippen LogP contribution in [0, 0.1) is 0 Å². The second-order valence-corrected chi connectivity index (χ2v) is 4.37. The van der Waals surface area contributed by atoms with Crippen molar-refractivity contribution in [1.82, 2.24) is 0 Å². The Morgan fingerprint density at radius 3 is 2.50 bits per heavy atom. The van der Waals surface area contributed by atoms with E-state index in [2.05, 4.69) is 10.1 Å². The Morgan fingerprint density at radius 1 is 1.06 bits per heavy atom. The molecule has 0 heterocycles. The minimum absolute atomic E-state index is 0.515. The molecule has 0 bridgehead atoms. The maximum absolute atomic E-state index is 10.6. The quantitative estimate of drug-likeness (QED) is 0.565. The third-order valence-electron chi connectivity index (χ3n) is 2.06. The summed E-state index contributed by atoms with van der Waals surface area (Å²) in [5.41, 5.74) is 2.78. The minimum atomic E-state index is -4.52. The van der Waals surface area contributed by atoms with Crippen LogP contribution in [0.5, 0.6) is 0 Å². The van der Waals surface area contributed by atoms with E-state index in [-0.39, 0.29) is 0 Å². The molecular weight excluding hydrogens is 229 g/mol. The van der Waals surface area contributed by atoms with Crippen molar-refractivity contribution in [3.05, 3.63) is 42.5 Å². The van der Waals surface area contributed by atoms with Gasteiger partial charge in [0.05, 0.1) is 5.69 Å². The van der Waals surface area contributed by atoms with Gasteiger partial charge >= 0.3 is 7.82 Å². The molecule has 0 aromatic heterocycles. The molecule has 0 fully saturated rings. The Labute approximate surface area is 91.9 Å². The van der Waals surface area contributed by atoms with Gasteiger partial charge < -0.3 is 9.79 Å². The number of hydrogen-bond donors (Lipinski definition) is 3. The van der Waals surface area contributed by atoms with Crippen molar-refractivity contribution in [3.8, 4) is 0 Å². The van der Waals surface area contributed by atoms with Gasteiger partial charge in [0, 0.05) is 5.39 Å². The first-order valence-electron chi connectivity index (χ1n) is 4.54. The summed E-state index contributed by atoms with van der Waals surface area (Å²) in [6.45, 7) is 0. The molecule has 0 aliphatic heterocycles. The van der Waals surface area contributed by atoms with E-state index in [0.717, 1.165) is 10.8 Å². The zero-order valence-corrected chi connectivity index (χ0v) is 9.09. The maximum atomic E-state index is 10.6. The maximum Gasteiger partial charge on any atom is 0.491 e. The number of benzene rings is 2. The molecule has 2 aromatic rings. The highest BCUT2D eigenvalue weighted by Gasteiger charge is 2.14. The van der Waals surface area contributed by atoms with Crippen molar-refractivity contribution in [3.63, 3.8) is 0 Å². The standard InChI is InChI=1S/C10H10NO4P/c12-16(13,14)15-11-10-7-3-5-8-4-1-2-6-9(8)10/h1-7,11H,(H2,12,13,14). The van der Waals surface area contributed by atoms with E-state index in [1.54, 1.807) is 12.1 Å². The smallest absolute Gasteiger partial charge is 0.301 e. The molecule has 3 N–H and O–H groups in total. The molecule has 6 heteroatoms. The number of rotatable bonds is 3. The first-order valence-corrected chi connectivity index (χ1v) is 6.07. The van der Waals surface area contributed by atoms with E-state index in [9.17, 15) is 4.57 Å². The summed E-state index contributed by atoms with van der Waals surface area (Å²) in [6, 6.07) is 12.8. The molecule has 2 aromatic carbocycles. The molecule has 0 unspecified atom stereocenters. The van der Waals surface area contributed by atoms with Crippen molar-refractivity contribution >= 4 is 24.3 Å². The van der Waals surface area contributed by atoms with Gasteiger partial charge in [-0.3, -0.25) is 5.48 Å². The molecule has 0 aliphatic carbocycles. The normalized spacial score (nSPS) is 11.6. The average Bonchev–Trinajstić information content (AvgIpc) is 2.25. The average molecular weight is 239 g/mol. The molecule has 84 valence electrons. The molecule has 0 amide bonds. The van der Waals surface area contributed by atoms with E-state index in [0.29, 0.717) is 5.69 Å². The van der Waals surface area contributed by atoms with Crippen molar-refractivity contribution < 1.29 is 19.0 Å². The van der Waals surface area contributed by atoms with Crippen LogP contribution in [-0.4, -0.2) is 9.79 Å². The molecular formula is C10H10NO4P. The van der Waals surface area contributed by atoms with E-state index in [1.807, 2.05) is 30.3 Å². The van der Waals surface area contributed by atoms with Crippen molar-refractivity contribution in [1.29, 1.82) is 0 Å². The van der Waals surface area contributed by atoms with Crippen molar-refractivity contribution in [2.45, 2.75) is 0 Å². The summed E-state index contributed by atoms with van der Waals surface area (Å²) in [5, 5.41) is 1.79. The number of fused-ring (bicyclic) bond motifs is 1. The summed E-state index contributed by atoms with van der Waals surface area (Å²) in [6.07, 6.45) is 0. The zero-order chi connectivity index (χ0) is 11.6. The molecule has 0 aliphatic rings. The van der Waals surface area contributed by atoms with Gasteiger partial charge in [-0.05, 0) is 11.5 Å². The highest BCUT2D eigenvalue weighted by Crippen LogP contribution is 2.36. The molecule has 0 atom stereocenters. The number of nitrogens with one attached hydrogen (secondary N) is 1. The van der Waals surface area contributed by atoms with Crippen LogP contribution in [-0.2, 0) is 9.19 Å². The molecule has 16 heavy (non-hydrogen) atoms. The lowest BCUT2D eigenvalue weighted by atomic mass is 10.1. The largest absolute Gasteiger partial charge is 0.491 e. The van der Waals surface area contributed by atoms with E-state index in [4.69, 9.17) is 9.79 Å². The Hall–Kier alpha value is -1.39. The van der Waals surface area contributed by atoms with Gasteiger partial charge in [-0.15, -0.1) is 0 Å². The SMILES string of the molecule is O=P(O)(O)ONc1cccc2ccccc12. The van der Waals surface area contributed by atoms with Crippen LogP contribution in [0.15, 0.2) is 42.5 Å². The fourth-order valence-electron chi connectivity index (χ4n) is 1.42. The van der Waals surface area contributed by atoms with Crippen molar-refractivity contribution in [2.75, 3.05) is 5.48 Å². The fraction of sp³-hybridized carbons (Fsp3) is 0. The summed E-state index contributed by atoms with van der Waals surface area (Å²) >= 11 is 0. The topological polar surface area (TPSA) is 78.8 Å². The number of anilines is 1. The van der Waals surface area contributed by atoms with Crippen LogP contribution < -0.4 is 5.48 Å². The lowest BCUT2D eigenvalue weighted by molar-refractivity contribution is 0.233. The summed E-state index contributed by atoms with van der Waals surface area (Å²) in [5.74, 6) is 0. The molecule has 0 saturated heterocycles. The Bertz CT molecular complexity index is 546. The first kappa shape index (κ1) is 11.1. The molecule has 5 nitrogen and oxygen atoms in total. The first-order chi connectivity index (χ1) is 7.56. The highest BCUT2D eigenvalue weighted by atomic mass is 31.2. The third kappa shape index (κ3) is 2.59. The van der Waals surface area contributed by atoms with Gasteiger partial charge in [-0.25, -0.2) is 4.57 Å². The van der Waals surface area contributed by atoms with E-state index < -0.39 is 7.82 Å². The highest BCUT2D eigenvalue weighted by molar-refractivity contribution is 7.46. The van der Waals surface area contributed by atoms with Crippen LogP contribution in [0.4, 0.5) is 5.69 Å². The zero-order valence-electron chi connectivity index (χ0n) is 8.20. The second-order valence-electron chi connectivity index (χ2n) is 3.21. The van der Waals surface area contributed by atoms with Gasteiger partial charge in [0.25, 0.3) is 0 Å². The number of hydrogen-bond acceptors (Lipinski definition) is 3. The van der Waals surface area contributed by atoms with Crippen LogP contribution in [0.3, 0.4) is 0 Å². The van der Waals surface area contributed by atoms with E-state index in [1.165, 1.54) is 0 Å². The minimum Gasteiger partial charge on any atom is -0.301 e. The Balaban J connectivity index is 2.34. The second kappa shape index (κ2) is 4.23. The van der Waals surface area contributed by atoms with Crippen LogP contribution in [0.25, 0.3) is 10.8 Å². The van der Waals surface area contributed by atoms with Gasteiger partial charge in [0.2, 0.25) is 0 Å². The summed E-state index contributed by atoms with van der Waals surface area (Å²) in [4.78, 5) is 17.2. The Morgan fingerprint density at radius 2 is 1.75 bits per heavy atom. The van der Waals surface area contributed by atoms with Gasteiger partial charge in [0.15, 0.2) is 0 Å².